The fourth-order valence-electron chi connectivity index (χ4n) is 2.07. The Labute approximate surface area is 150 Å². The van der Waals surface area contributed by atoms with Gasteiger partial charge in [0.2, 0.25) is 5.91 Å². The third-order valence-corrected chi connectivity index (χ3v) is 4.67. The first-order valence-electron chi connectivity index (χ1n) is 7.76. The second-order valence-electron chi connectivity index (χ2n) is 5.25. The van der Waals surface area contributed by atoms with Gasteiger partial charge in [-0.3, -0.25) is 14.3 Å². The highest BCUT2D eigenvalue weighted by Crippen LogP contribution is 2.19. The fourth-order valence-corrected chi connectivity index (χ4v) is 3.19. The Balaban J connectivity index is 2.16. The molecule has 0 bridgehead atoms. The fraction of sp³-hybridized carbons (Fsp3) is 0.176. The molecule has 0 fully saturated rings. The summed E-state index contributed by atoms with van der Waals surface area (Å²) in [5.74, 6) is -1.67. The van der Waals surface area contributed by atoms with E-state index in [1.165, 1.54) is 36.4 Å². The van der Waals surface area contributed by atoms with Crippen molar-refractivity contribution in [1.29, 1.82) is 0 Å². The molecular formula is C17H18FN3O4S. The molecule has 0 unspecified atom stereocenters. The number of nitrogens with one attached hydrogen (secondary N) is 3. The van der Waals surface area contributed by atoms with Gasteiger partial charge in [-0.1, -0.05) is 18.2 Å². The summed E-state index contributed by atoms with van der Waals surface area (Å²) in [7, 11) is -4.08. The Hall–Kier alpha value is -2.94. The summed E-state index contributed by atoms with van der Waals surface area (Å²) in [4.78, 5) is 23.2. The van der Waals surface area contributed by atoms with Crippen molar-refractivity contribution in [3.8, 4) is 0 Å². The van der Waals surface area contributed by atoms with Crippen molar-refractivity contribution in [1.82, 2.24) is 10.6 Å². The molecule has 0 aromatic heterocycles. The number of para-hydroxylation sites is 1. The summed E-state index contributed by atoms with van der Waals surface area (Å²) in [5.41, 5.74) is -0.135. The molecule has 0 saturated heterocycles. The molecule has 0 spiro atoms. The van der Waals surface area contributed by atoms with Crippen molar-refractivity contribution in [2.75, 3.05) is 17.8 Å². The lowest BCUT2D eigenvalue weighted by molar-refractivity contribution is -0.120. The number of rotatable bonds is 7. The van der Waals surface area contributed by atoms with E-state index in [2.05, 4.69) is 15.4 Å². The van der Waals surface area contributed by atoms with E-state index < -0.39 is 21.7 Å². The Kier molecular flexibility index (Phi) is 6.29. The minimum absolute atomic E-state index is 0.0608. The molecule has 2 aromatic rings. The van der Waals surface area contributed by atoms with E-state index >= 15 is 0 Å². The predicted molar refractivity (Wildman–Crippen MR) is 94.7 cm³/mol. The van der Waals surface area contributed by atoms with E-state index in [4.69, 9.17) is 0 Å². The summed E-state index contributed by atoms with van der Waals surface area (Å²) < 4.78 is 40.6. The lowest BCUT2D eigenvalue weighted by Gasteiger charge is -2.10. The molecule has 9 heteroatoms. The maximum Gasteiger partial charge on any atom is 0.262 e. The number of likely N-dealkylation sites (N-methyl/N-ethyl adjacent to an activating group) is 1. The zero-order valence-corrected chi connectivity index (χ0v) is 14.8. The van der Waals surface area contributed by atoms with Crippen LogP contribution in [0, 0.1) is 5.82 Å². The van der Waals surface area contributed by atoms with Gasteiger partial charge in [0.25, 0.3) is 15.9 Å². The third-order valence-electron chi connectivity index (χ3n) is 3.31. The molecule has 2 amide bonds. The van der Waals surface area contributed by atoms with Gasteiger partial charge in [-0.15, -0.1) is 0 Å². The summed E-state index contributed by atoms with van der Waals surface area (Å²) in [6.45, 7) is 1.96. The molecule has 0 aliphatic rings. The lowest BCUT2D eigenvalue weighted by Crippen LogP contribution is -2.36. The van der Waals surface area contributed by atoms with Crippen LogP contribution in [0.25, 0.3) is 0 Å². The Morgan fingerprint density at radius 3 is 2.46 bits per heavy atom. The van der Waals surface area contributed by atoms with Gasteiger partial charge < -0.3 is 10.6 Å². The van der Waals surface area contributed by atoms with Gasteiger partial charge in [-0.05, 0) is 37.3 Å². The van der Waals surface area contributed by atoms with Gasteiger partial charge in [0.1, 0.15) is 5.82 Å². The zero-order valence-electron chi connectivity index (χ0n) is 14.0. The first-order chi connectivity index (χ1) is 12.3. The molecule has 3 N–H and O–H groups in total. The van der Waals surface area contributed by atoms with Gasteiger partial charge in [-0.2, -0.15) is 0 Å². The molecule has 0 radical (unpaired) electrons. The highest BCUT2D eigenvalue weighted by molar-refractivity contribution is 7.92. The monoisotopic (exact) mass is 379 g/mol. The van der Waals surface area contributed by atoms with Crippen LogP contribution in [0.5, 0.6) is 0 Å². The van der Waals surface area contributed by atoms with E-state index in [-0.39, 0.29) is 28.6 Å². The number of sulfonamides is 1. The van der Waals surface area contributed by atoms with Crippen molar-refractivity contribution in [2.24, 2.45) is 0 Å². The molecule has 26 heavy (non-hydrogen) atoms. The number of hydrogen-bond acceptors (Lipinski definition) is 4. The highest BCUT2D eigenvalue weighted by Gasteiger charge is 2.18. The van der Waals surface area contributed by atoms with Crippen LogP contribution in [0.4, 0.5) is 10.1 Å². The largest absolute Gasteiger partial charge is 0.355 e. The number of hydrogen-bond donors (Lipinski definition) is 3. The van der Waals surface area contributed by atoms with Crippen molar-refractivity contribution >= 4 is 27.5 Å². The Bertz CT molecular complexity index is 916. The van der Waals surface area contributed by atoms with Crippen molar-refractivity contribution in [3.63, 3.8) is 0 Å². The van der Waals surface area contributed by atoms with E-state index in [1.54, 1.807) is 6.92 Å². The van der Waals surface area contributed by atoms with Crippen molar-refractivity contribution in [2.45, 2.75) is 11.8 Å². The molecule has 0 saturated carbocycles. The van der Waals surface area contributed by atoms with Crippen molar-refractivity contribution in [3.05, 3.63) is 59.9 Å². The van der Waals surface area contributed by atoms with Gasteiger partial charge >= 0.3 is 0 Å². The summed E-state index contributed by atoms with van der Waals surface area (Å²) in [6, 6.07) is 10.6. The van der Waals surface area contributed by atoms with E-state index in [0.717, 1.165) is 12.1 Å². The Morgan fingerprint density at radius 2 is 1.77 bits per heavy atom. The van der Waals surface area contributed by atoms with Gasteiger partial charge in [-0.25, -0.2) is 12.8 Å². The summed E-state index contributed by atoms with van der Waals surface area (Å²) >= 11 is 0. The van der Waals surface area contributed by atoms with Gasteiger partial charge in [0, 0.05) is 12.1 Å². The van der Waals surface area contributed by atoms with Gasteiger partial charge in [0.05, 0.1) is 17.1 Å². The van der Waals surface area contributed by atoms with Crippen LogP contribution >= 0.6 is 0 Å². The second-order valence-corrected chi connectivity index (χ2v) is 6.93. The molecule has 2 aromatic carbocycles. The molecule has 0 aliphatic heterocycles. The number of benzene rings is 2. The molecular weight excluding hydrogens is 361 g/mol. The molecule has 0 heterocycles. The first-order valence-corrected chi connectivity index (χ1v) is 9.24. The highest BCUT2D eigenvalue weighted by atomic mass is 32.2. The molecule has 2 rings (SSSR count). The smallest absolute Gasteiger partial charge is 0.262 e. The molecule has 0 aliphatic carbocycles. The SMILES string of the molecule is CCNC(=O)CNC(=O)c1cccc(S(=O)(=O)Nc2ccccc2F)c1. The minimum Gasteiger partial charge on any atom is -0.355 e. The number of amides is 2. The van der Waals surface area contributed by atoms with E-state index in [9.17, 15) is 22.4 Å². The van der Waals surface area contributed by atoms with Crippen LogP contribution in [-0.2, 0) is 14.8 Å². The third kappa shape index (κ3) is 5.03. The van der Waals surface area contributed by atoms with Crippen LogP contribution in [0.1, 0.15) is 17.3 Å². The zero-order chi connectivity index (χ0) is 19.2. The Morgan fingerprint density at radius 1 is 1.04 bits per heavy atom. The van der Waals surface area contributed by atoms with E-state index in [0.29, 0.717) is 6.54 Å². The quantitative estimate of drug-likeness (QED) is 0.678. The van der Waals surface area contributed by atoms with E-state index in [1.807, 2.05) is 0 Å². The van der Waals surface area contributed by atoms with Gasteiger partial charge in [0.15, 0.2) is 0 Å². The number of carbonyl (C=O) groups is 2. The second kappa shape index (κ2) is 8.43. The first kappa shape index (κ1) is 19.4. The van der Waals surface area contributed by atoms with Crippen LogP contribution in [0.2, 0.25) is 0 Å². The average Bonchev–Trinajstić information content (AvgIpc) is 2.62. The topological polar surface area (TPSA) is 104 Å². The van der Waals surface area contributed by atoms with Crippen LogP contribution < -0.4 is 15.4 Å². The maximum absolute atomic E-state index is 13.7. The predicted octanol–water partition coefficient (Wildman–Crippen LogP) is 1.49. The van der Waals surface area contributed by atoms with Crippen LogP contribution in [-0.4, -0.2) is 33.3 Å². The average molecular weight is 379 g/mol. The van der Waals surface area contributed by atoms with Crippen LogP contribution in [0.15, 0.2) is 53.4 Å². The molecule has 7 nitrogen and oxygen atoms in total. The minimum atomic E-state index is -4.08. The number of halogens is 1. The summed E-state index contributed by atoms with van der Waals surface area (Å²) in [5, 5.41) is 4.92. The standard InChI is InChI=1S/C17H18FN3O4S/c1-2-19-16(22)11-20-17(23)12-6-5-7-13(10-12)26(24,25)21-15-9-4-3-8-14(15)18/h3-10,21H,2,11H2,1H3,(H,19,22)(H,20,23). The maximum atomic E-state index is 13.7. The number of carbonyl (C=O) groups excluding carboxylic acids is 2. The molecule has 138 valence electrons. The van der Waals surface area contributed by atoms with Crippen LogP contribution in [0.3, 0.4) is 0 Å². The summed E-state index contributed by atoms with van der Waals surface area (Å²) in [6.07, 6.45) is 0. The lowest BCUT2D eigenvalue weighted by atomic mass is 10.2. The van der Waals surface area contributed by atoms with Crippen molar-refractivity contribution < 1.29 is 22.4 Å². The normalized spacial score (nSPS) is 10.8. The number of anilines is 1. The molecule has 0 atom stereocenters.